The Morgan fingerprint density at radius 1 is 0.968 bits per heavy atom. The molecule has 0 aliphatic carbocycles. The molecule has 5 rings (SSSR count). The smallest absolute Gasteiger partial charge is 0.326 e. The van der Waals surface area contributed by atoms with Gasteiger partial charge in [-0.3, -0.25) is 14.2 Å². The highest BCUT2D eigenvalue weighted by molar-refractivity contribution is 6.02. The van der Waals surface area contributed by atoms with Gasteiger partial charge in [-0.15, -0.1) is 0 Å². The number of para-hydroxylation sites is 3. The maximum absolute atomic E-state index is 13.3. The molecule has 4 aromatic rings. The minimum Gasteiger partial charge on any atom is -0.481 e. The molecule has 1 amide bonds. The van der Waals surface area contributed by atoms with Crippen molar-refractivity contribution < 1.29 is 14.7 Å². The molecule has 2 aromatic carbocycles. The molecule has 1 saturated heterocycles. The SMILES string of the molecule is O=C(O)Cc1c(C(=O)N2CCC(n3c(=O)[nH]c4ccccc43)CC2)[nH]c2ccccc12. The maximum atomic E-state index is 13.3. The van der Waals surface area contributed by atoms with Crippen LogP contribution in [0.3, 0.4) is 0 Å². The molecule has 8 heteroatoms. The van der Waals surface area contributed by atoms with Crippen molar-refractivity contribution in [3.63, 3.8) is 0 Å². The van der Waals surface area contributed by atoms with Gasteiger partial charge in [0.15, 0.2) is 0 Å². The Hall–Kier alpha value is -3.81. The van der Waals surface area contributed by atoms with E-state index >= 15 is 0 Å². The number of carbonyl (C=O) groups excluding carboxylic acids is 1. The van der Waals surface area contributed by atoms with E-state index < -0.39 is 5.97 Å². The zero-order valence-electron chi connectivity index (χ0n) is 16.8. The highest BCUT2D eigenvalue weighted by Gasteiger charge is 2.29. The molecule has 3 heterocycles. The van der Waals surface area contributed by atoms with Crippen LogP contribution in [0.25, 0.3) is 21.9 Å². The van der Waals surface area contributed by atoms with Crippen molar-refractivity contribution in [3.8, 4) is 0 Å². The van der Waals surface area contributed by atoms with Crippen molar-refractivity contribution in [3.05, 3.63) is 70.3 Å². The maximum Gasteiger partial charge on any atom is 0.326 e. The molecule has 1 aliphatic heterocycles. The number of aromatic nitrogens is 3. The van der Waals surface area contributed by atoms with Crippen molar-refractivity contribution in [2.24, 2.45) is 0 Å². The zero-order chi connectivity index (χ0) is 21.5. The lowest BCUT2D eigenvalue weighted by Gasteiger charge is -2.32. The number of aliphatic carboxylic acids is 1. The first-order valence-corrected chi connectivity index (χ1v) is 10.3. The Morgan fingerprint density at radius 3 is 2.39 bits per heavy atom. The molecule has 0 atom stereocenters. The van der Waals surface area contributed by atoms with Gasteiger partial charge in [0.05, 0.1) is 17.5 Å². The number of amides is 1. The first-order valence-electron chi connectivity index (χ1n) is 10.3. The van der Waals surface area contributed by atoms with Crippen LogP contribution in [0.15, 0.2) is 53.3 Å². The van der Waals surface area contributed by atoms with Crippen LogP contribution in [-0.4, -0.2) is 49.5 Å². The molecule has 0 radical (unpaired) electrons. The molecule has 8 nitrogen and oxygen atoms in total. The van der Waals surface area contributed by atoms with Crippen LogP contribution in [0.2, 0.25) is 0 Å². The first-order chi connectivity index (χ1) is 15.0. The molecule has 2 aromatic heterocycles. The third-order valence-corrected chi connectivity index (χ3v) is 6.10. The predicted molar refractivity (Wildman–Crippen MR) is 116 cm³/mol. The molecule has 158 valence electrons. The number of carbonyl (C=O) groups is 2. The van der Waals surface area contributed by atoms with Crippen LogP contribution in [0, 0.1) is 0 Å². The van der Waals surface area contributed by atoms with E-state index in [0.717, 1.165) is 21.9 Å². The van der Waals surface area contributed by atoms with Gasteiger partial charge in [-0.2, -0.15) is 0 Å². The average Bonchev–Trinajstić information content (AvgIpc) is 3.30. The standard InChI is InChI=1S/C23H22N4O4/c28-20(29)13-16-15-5-1-2-6-17(15)24-21(16)22(30)26-11-9-14(10-12-26)27-19-8-4-3-7-18(19)25-23(27)31/h1-8,14,24H,9-13H2,(H,25,31)(H,28,29). The fourth-order valence-corrected chi connectivity index (χ4v) is 4.64. The van der Waals surface area contributed by atoms with E-state index in [-0.39, 0.29) is 24.1 Å². The molecule has 0 spiro atoms. The summed E-state index contributed by atoms with van der Waals surface area (Å²) >= 11 is 0. The van der Waals surface area contributed by atoms with Gasteiger partial charge in [0.2, 0.25) is 0 Å². The number of nitrogens with zero attached hydrogens (tertiary/aromatic N) is 2. The average molecular weight is 418 g/mol. The van der Waals surface area contributed by atoms with Crippen molar-refractivity contribution in [2.45, 2.75) is 25.3 Å². The van der Waals surface area contributed by atoms with Crippen molar-refractivity contribution in [1.29, 1.82) is 0 Å². The number of benzene rings is 2. The number of nitrogens with one attached hydrogen (secondary N) is 2. The number of rotatable bonds is 4. The first kappa shape index (κ1) is 19.2. The normalized spacial score (nSPS) is 15.0. The summed E-state index contributed by atoms with van der Waals surface area (Å²) in [6, 6.07) is 15.0. The third kappa shape index (κ3) is 3.30. The fourth-order valence-electron chi connectivity index (χ4n) is 4.64. The minimum atomic E-state index is -0.976. The quantitative estimate of drug-likeness (QED) is 0.473. The second-order valence-electron chi connectivity index (χ2n) is 7.94. The zero-order valence-corrected chi connectivity index (χ0v) is 16.8. The van der Waals surface area contributed by atoms with E-state index in [1.807, 2.05) is 48.5 Å². The van der Waals surface area contributed by atoms with E-state index in [4.69, 9.17) is 0 Å². The van der Waals surface area contributed by atoms with E-state index in [9.17, 15) is 19.5 Å². The van der Waals surface area contributed by atoms with Crippen LogP contribution in [-0.2, 0) is 11.2 Å². The van der Waals surface area contributed by atoms with Crippen molar-refractivity contribution >= 4 is 33.8 Å². The molecule has 0 unspecified atom stereocenters. The molecule has 0 saturated carbocycles. The van der Waals surface area contributed by atoms with E-state index in [0.29, 0.717) is 37.2 Å². The van der Waals surface area contributed by atoms with Crippen LogP contribution < -0.4 is 5.69 Å². The number of aromatic amines is 2. The monoisotopic (exact) mass is 418 g/mol. The number of piperidine rings is 1. The number of hydrogen-bond donors (Lipinski definition) is 3. The Balaban J connectivity index is 1.40. The van der Waals surface area contributed by atoms with Gasteiger partial charge in [0.25, 0.3) is 5.91 Å². The van der Waals surface area contributed by atoms with Gasteiger partial charge in [0.1, 0.15) is 5.69 Å². The molecule has 1 fully saturated rings. The summed E-state index contributed by atoms with van der Waals surface area (Å²) in [5.74, 6) is -1.17. The largest absolute Gasteiger partial charge is 0.481 e. The number of carboxylic acid groups (broad SMARTS) is 1. The summed E-state index contributed by atoms with van der Waals surface area (Å²) in [7, 11) is 0. The van der Waals surface area contributed by atoms with Crippen LogP contribution in [0.1, 0.15) is 34.9 Å². The van der Waals surface area contributed by atoms with E-state index in [1.165, 1.54) is 0 Å². The Morgan fingerprint density at radius 2 is 1.65 bits per heavy atom. The highest BCUT2D eigenvalue weighted by atomic mass is 16.4. The molecule has 3 N–H and O–H groups in total. The summed E-state index contributed by atoms with van der Waals surface area (Å²) in [6.45, 7) is 0.995. The van der Waals surface area contributed by atoms with Gasteiger partial charge < -0.3 is 20.0 Å². The predicted octanol–water partition coefficient (Wildman–Crippen LogP) is 2.92. The summed E-state index contributed by atoms with van der Waals surface area (Å²) in [6.07, 6.45) is 1.09. The number of H-pyrrole nitrogens is 2. The van der Waals surface area contributed by atoms with Crippen LogP contribution in [0.4, 0.5) is 0 Å². The molecule has 0 bridgehead atoms. The number of carboxylic acids is 1. The Kier molecular flexibility index (Phi) is 4.62. The lowest BCUT2D eigenvalue weighted by molar-refractivity contribution is -0.136. The molecule has 31 heavy (non-hydrogen) atoms. The second kappa shape index (κ2) is 7.46. The number of likely N-dealkylation sites (tertiary alicyclic amines) is 1. The Bertz CT molecular complexity index is 1350. The van der Waals surface area contributed by atoms with Crippen molar-refractivity contribution in [2.75, 3.05) is 13.1 Å². The summed E-state index contributed by atoms with van der Waals surface area (Å²) in [4.78, 5) is 44.9. The molecular formula is C23H22N4O4. The molecule has 1 aliphatic rings. The summed E-state index contributed by atoms with van der Waals surface area (Å²) < 4.78 is 1.79. The highest BCUT2D eigenvalue weighted by Crippen LogP contribution is 2.28. The lowest BCUT2D eigenvalue weighted by atomic mass is 10.0. The second-order valence-corrected chi connectivity index (χ2v) is 7.94. The third-order valence-electron chi connectivity index (χ3n) is 6.10. The van der Waals surface area contributed by atoms with Crippen LogP contribution >= 0.6 is 0 Å². The van der Waals surface area contributed by atoms with Crippen molar-refractivity contribution in [1.82, 2.24) is 19.4 Å². The van der Waals surface area contributed by atoms with E-state index in [2.05, 4.69) is 9.97 Å². The number of fused-ring (bicyclic) bond motifs is 2. The number of imidazole rings is 1. The van der Waals surface area contributed by atoms with Gasteiger partial charge in [-0.05, 0) is 31.0 Å². The lowest BCUT2D eigenvalue weighted by Crippen LogP contribution is -2.41. The Labute approximate surface area is 177 Å². The van der Waals surface area contributed by atoms with Gasteiger partial charge in [-0.25, -0.2) is 4.79 Å². The van der Waals surface area contributed by atoms with Gasteiger partial charge in [-0.1, -0.05) is 30.3 Å². The topological polar surface area (TPSA) is 111 Å². The van der Waals surface area contributed by atoms with Gasteiger partial charge >= 0.3 is 11.7 Å². The number of hydrogen-bond acceptors (Lipinski definition) is 3. The summed E-state index contributed by atoms with van der Waals surface area (Å²) in [5.41, 5.74) is 3.15. The van der Waals surface area contributed by atoms with Crippen LogP contribution in [0.5, 0.6) is 0 Å². The van der Waals surface area contributed by atoms with Gasteiger partial charge in [0, 0.05) is 35.6 Å². The van der Waals surface area contributed by atoms with E-state index in [1.54, 1.807) is 9.47 Å². The fraction of sp³-hybridized carbons (Fsp3) is 0.261. The minimum absolute atomic E-state index is 0.00824. The molecular weight excluding hydrogens is 396 g/mol. The summed E-state index contributed by atoms with van der Waals surface area (Å²) in [5, 5.41) is 10.1.